The predicted molar refractivity (Wildman–Crippen MR) is 132 cm³/mol. The van der Waals surface area contributed by atoms with Crippen LogP contribution in [0.1, 0.15) is 72.1 Å². The van der Waals surface area contributed by atoms with Crippen LogP contribution >= 0.6 is 15.9 Å². The van der Waals surface area contributed by atoms with E-state index >= 15 is 0 Å². The van der Waals surface area contributed by atoms with Gasteiger partial charge in [-0.15, -0.1) is 0 Å². The van der Waals surface area contributed by atoms with E-state index < -0.39 is 0 Å². The molecule has 0 aliphatic rings. The van der Waals surface area contributed by atoms with Gasteiger partial charge in [-0.1, -0.05) is 80.2 Å². The number of fused-ring (bicyclic) bond motifs is 1. The zero-order chi connectivity index (χ0) is 21.8. The minimum absolute atomic E-state index is 0.575. The summed E-state index contributed by atoms with van der Waals surface area (Å²) in [7, 11) is 1.70. The lowest BCUT2D eigenvalue weighted by Crippen LogP contribution is -2.12. The third-order valence-corrected chi connectivity index (χ3v) is 6.87. The number of methoxy groups -OCH3 is 1. The molecule has 0 heterocycles. The summed E-state index contributed by atoms with van der Waals surface area (Å²) in [6.45, 7) is 8.14. The van der Waals surface area contributed by atoms with Crippen LogP contribution in [0.3, 0.4) is 0 Å². The van der Waals surface area contributed by atoms with E-state index in [0.29, 0.717) is 17.4 Å². The first-order valence-electron chi connectivity index (χ1n) is 11.6. The molecule has 0 saturated carbocycles. The predicted octanol–water partition coefficient (Wildman–Crippen LogP) is 8.17. The van der Waals surface area contributed by atoms with Crippen molar-refractivity contribution in [3.8, 4) is 17.2 Å². The van der Waals surface area contributed by atoms with Crippen molar-refractivity contribution in [2.45, 2.75) is 77.0 Å². The van der Waals surface area contributed by atoms with Gasteiger partial charge in [0.25, 0.3) is 0 Å². The van der Waals surface area contributed by atoms with Crippen LogP contribution in [0.4, 0.5) is 0 Å². The minimum atomic E-state index is 0.575. The normalized spacial score (nSPS) is 13.2. The van der Waals surface area contributed by atoms with Crippen LogP contribution in [0, 0.1) is 5.92 Å². The van der Waals surface area contributed by atoms with Gasteiger partial charge in [-0.3, -0.25) is 0 Å². The monoisotopic (exact) mass is 478 g/mol. The van der Waals surface area contributed by atoms with Gasteiger partial charge >= 0.3 is 0 Å². The van der Waals surface area contributed by atoms with Crippen LogP contribution in [0.25, 0.3) is 10.8 Å². The van der Waals surface area contributed by atoms with Crippen molar-refractivity contribution in [3.63, 3.8) is 0 Å². The molecule has 0 amide bonds. The molecule has 0 aliphatic carbocycles. The van der Waals surface area contributed by atoms with Gasteiger partial charge in [0.15, 0.2) is 11.5 Å². The topological polar surface area (TPSA) is 27.7 Å². The summed E-state index contributed by atoms with van der Waals surface area (Å²) in [5.74, 6) is 3.03. The fourth-order valence-corrected chi connectivity index (χ4v) is 3.99. The summed E-state index contributed by atoms with van der Waals surface area (Å²) in [6, 6.07) is 10.3. The first kappa shape index (κ1) is 24.8. The molecule has 2 aromatic rings. The molecular formula is C26H39BrO3. The van der Waals surface area contributed by atoms with Gasteiger partial charge < -0.3 is 14.2 Å². The van der Waals surface area contributed by atoms with E-state index in [1.165, 1.54) is 32.1 Å². The van der Waals surface area contributed by atoms with Crippen LogP contribution < -0.4 is 14.2 Å². The molecule has 0 fully saturated rings. The Kier molecular flexibility index (Phi) is 11.4. The third-order valence-electron chi connectivity index (χ3n) is 5.76. The fourth-order valence-electron chi connectivity index (χ4n) is 3.66. The lowest BCUT2D eigenvalue weighted by atomic mass is 10.0. The lowest BCUT2D eigenvalue weighted by Gasteiger charge is -2.20. The molecule has 0 aromatic heterocycles. The molecule has 0 N–H and O–H groups in total. The van der Waals surface area contributed by atoms with Crippen molar-refractivity contribution in [1.29, 1.82) is 0 Å². The van der Waals surface area contributed by atoms with E-state index in [-0.39, 0.29) is 0 Å². The molecule has 0 bridgehead atoms. The molecule has 0 spiro atoms. The average Bonchev–Trinajstić information content (AvgIpc) is 2.79. The maximum absolute atomic E-state index is 6.34. The molecule has 0 saturated heterocycles. The number of alkyl halides is 1. The summed E-state index contributed by atoms with van der Waals surface area (Å²) >= 11 is 3.71. The Bertz CT molecular complexity index is 746. The molecule has 2 aromatic carbocycles. The summed E-state index contributed by atoms with van der Waals surface area (Å²) in [5, 5.41) is 2.14. The molecule has 3 nitrogen and oxygen atoms in total. The fraction of sp³-hybridized carbons (Fsp3) is 0.615. The quantitative estimate of drug-likeness (QED) is 0.190. The molecule has 2 atom stereocenters. The van der Waals surface area contributed by atoms with Crippen LogP contribution in [0.15, 0.2) is 30.3 Å². The summed E-state index contributed by atoms with van der Waals surface area (Å²) < 4.78 is 18.2. The molecule has 0 radical (unpaired) electrons. The van der Waals surface area contributed by atoms with Crippen LogP contribution in [-0.2, 0) is 0 Å². The standard InChI is InChI=1S/C26H39BrO3/c1-5-8-13-20(6-2)19-30-26-23-16-10-9-15-22(23)24(18-25(26)28-4)29-17-12-11-14-21(27)7-3/h9-10,15-16,18,20-21H,5-8,11-14,17,19H2,1-4H3. The molecule has 2 rings (SSSR count). The number of unbranched alkanes of at least 4 members (excludes halogenated alkanes) is 2. The number of rotatable bonds is 15. The number of ether oxygens (including phenoxy) is 3. The highest BCUT2D eigenvalue weighted by molar-refractivity contribution is 9.09. The van der Waals surface area contributed by atoms with Crippen LogP contribution in [0.2, 0.25) is 0 Å². The number of hydrogen-bond acceptors (Lipinski definition) is 3. The maximum atomic E-state index is 6.34. The Labute approximate surface area is 191 Å². The van der Waals surface area contributed by atoms with Crippen molar-refractivity contribution in [2.24, 2.45) is 5.92 Å². The van der Waals surface area contributed by atoms with E-state index in [2.05, 4.69) is 54.9 Å². The Morgan fingerprint density at radius 1 is 0.867 bits per heavy atom. The highest BCUT2D eigenvalue weighted by atomic mass is 79.9. The van der Waals surface area contributed by atoms with Crippen molar-refractivity contribution < 1.29 is 14.2 Å². The molecule has 4 heteroatoms. The Hall–Kier alpha value is -1.42. The van der Waals surface area contributed by atoms with Gasteiger partial charge in [0, 0.05) is 21.7 Å². The van der Waals surface area contributed by atoms with Crippen molar-refractivity contribution >= 4 is 26.7 Å². The largest absolute Gasteiger partial charge is 0.493 e. The van der Waals surface area contributed by atoms with Gasteiger partial charge in [0.2, 0.25) is 0 Å². The second kappa shape index (κ2) is 13.8. The first-order chi connectivity index (χ1) is 14.6. The molecule has 30 heavy (non-hydrogen) atoms. The third kappa shape index (κ3) is 7.37. The van der Waals surface area contributed by atoms with Gasteiger partial charge in [-0.2, -0.15) is 0 Å². The minimum Gasteiger partial charge on any atom is -0.493 e. The highest BCUT2D eigenvalue weighted by Gasteiger charge is 2.17. The molecule has 2 unspecified atom stereocenters. The second-order valence-electron chi connectivity index (χ2n) is 8.03. The summed E-state index contributed by atoms with van der Waals surface area (Å²) in [6.07, 6.45) is 9.39. The smallest absolute Gasteiger partial charge is 0.169 e. The Morgan fingerprint density at radius 3 is 2.30 bits per heavy atom. The Morgan fingerprint density at radius 2 is 1.63 bits per heavy atom. The molecule has 0 aliphatic heterocycles. The van der Waals surface area contributed by atoms with Crippen LogP contribution in [0.5, 0.6) is 17.2 Å². The van der Waals surface area contributed by atoms with Crippen molar-refractivity contribution in [3.05, 3.63) is 30.3 Å². The van der Waals surface area contributed by atoms with E-state index in [0.717, 1.165) is 53.9 Å². The second-order valence-corrected chi connectivity index (χ2v) is 9.32. The number of hydrogen-bond donors (Lipinski definition) is 0. The van der Waals surface area contributed by atoms with E-state index in [1.54, 1.807) is 7.11 Å². The molecular weight excluding hydrogens is 440 g/mol. The first-order valence-corrected chi connectivity index (χ1v) is 12.5. The Balaban J connectivity index is 2.13. The van der Waals surface area contributed by atoms with E-state index in [4.69, 9.17) is 14.2 Å². The molecule has 168 valence electrons. The van der Waals surface area contributed by atoms with E-state index in [1.807, 2.05) is 12.1 Å². The van der Waals surface area contributed by atoms with Gasteiger partial charge in [-0.05, 0) is 38.0 Å². The number of halogens is 1. The van der Waals surface area contributed by atoms with E-state index in [9.17, 15) is 0 Å². The lowest BCUT2D eigenvalue weighted by molar-refractivity contribution is 0.226. The van der Waals surface area contributed by atoms with Crippen LogP contribution in [-0.4, -0.2) is 25.2 Å². The summed E-state index contributed by atoms with van der Waals surface area (Å²) in [4.78, 5) is 0.610. The van der Waals surface area contributed by atoms with Gasteiger partial charge in [-0.25, -0.2) is 0 Å². The van der Waals surface area contributed by atoms with Crippen molar-refractivity contribution in [1.82, 2.24) is 0 Å². The van der Waals surface area contributed by atoms with Gasteiger partial charge in [0.05, 0.1) is 20.3 Å². The SMILES string of the molecule is CCCCC(CC)COc1c(OC)cc(OCCCCC(Br)CC)c2ccccc12. The average molecular weight is 479 g/mol. The zero-order valence-corrected chi connectivity index (χ0v) is 20.8. The number of benzene rings is 2. The van der Waals surface area contributed by atoms with Crippen molar-refractivity contribution in [2.75, 3.05) is 20.3 Å². The highest BCUT2D eigenvalue weighted by Crippen LogP contribution is 2.42. The summed E-state index contributed by atoms with van der Waals surface area (Å²) in [5.41, 5.74) is 0. The van der Waals surface area contributed by atoms with Gasteiger partial charge in [0.1, 0.15) is 5.75 Å². The zero-order valence-electron chi connectivity index (χ0n) is 19.2. The maximum Gasteiger partial charge on any atom is 0.169 e.